The number of rotatable bonds is 4. The van der Waals surface area contributed by atoms with Crippen molar-refractivity contribution in [2.24, 2.45) is 0 Å². The van der Waals surface area contributed by atoms with Crippen LogP contribution in [-0.2, 0) is 6.54 Å². The first kappa shape index (κ1) is 13.9. The van der Waals surface area contributed by atoms with Crippen molar-refractivity contribution in [3.8, 4) is 0 Å². The molecule has 2 aliphatic rings. The van der Waals surface area contributed by atoms with Crippen molar-refractivity contribution in [3.05, 3.63) is 47.6 Å². The molecule has 2 heterocycles. The molecule has 1 saturated heterocycles. The molecule has 1 aromatic carbocycles. The van der Waals surface area contributed by atoms with E-state index in [1.54, 1.807) is 0 Å². The Morgan fingerprint density at radius 3 is 2.77 bits per heavy atom. The molecule has 0 bridgehead atoms. The predicted molar refractivity (Wildman–Crippen MR) is 83.4 cm³/mol. The summed E-state index contributed by atoms with van der Waals surface area (Å²) < 4.78 is 5.42. The Morgan fingerprint density at radius 1 is 1.18 bits per heavy atom. The van der Waals surface area contributed by atoms with E-state index in [2.05, 4.69) is 57.3 Å². The summed E-state index contributed by atoms with van der Waals surface area (Å²) in [6.07, 6.45) is 2.42. The van der Waals surface area contributed by atoms with Gasteiger partial charge in [-0.25, -0.2) is 0 Å². The van der Waals surface area contributed by atoms with Crippen LogP contribution in [0.1, 0.15) is 42.1 Å². The van der Waals surface area contributed by atoms with Crippen LogP contribution >= 0.6 is 0 Å². The molecule has 1 unspecified atom stereocenters. The molecule has 0 amide bonds. The summed E-state index contributed by atoms with van der Waals surface area (Å²) in [6, 6.07) is 11.2. The fourth-order valence-corrected chi connectivity index (χ4v) is 3.14. The predicted octanol–water partition coefficient (Wildman–Crippen LogP) is 2.44. The van der Waals surface area contributed by atoms with E-state index >= 15 is 0 Å². The minimum atomic E-state index is 0.431. The molecular formula is C17H22N4O. The second-order valence-corrected chi connectivity index (χ2v) is 6.46. The van der Waals surface area contributed by atoms with Crippen LogP contribution in [0, 0.1) is 0 Å². The lowest BCUT2D eigenvalue weighted by molar-refractivity contribution is 0.0825. The van der Waals surface area contributed by atoms with Crippen molar-refractivity contribution in [2.75, 3.05) is 26.7 Å². The van der Waals surface area contributed by atoms with Gasteiger partial charge in [-0.3, -0.25) is 9.80 Å². The van der Waals surface area contributed by atoms with Crippen LogP contribution in [0.25, 0.3) is 0 Å². The van der Waals surface area contributed by atoms with Gasteiger partial charge in [0.15, 0.2) is 5.82 Å². The van der Waals surface area contributed by atoms with Gasteiger partial charge in [0.2, 0.25) is 5.89 Å². The molecule has 1 aliphatic heterocycles. The lowest BCUT2D eigenvalue weighted by Crippen LogP contribution is -2.46. The maximum atomic E-state index is 5.42. The van der Waals surface area contributed by atoms with Gasteiger partial charge >= 0.3 is 0 Å². The fraction of sp³-hybridized carbons (Fsp3) is 0.529. The van der Waals surface area contributed by atoms with Crippen LogP contribution in [0.3, 0.4) is 0 Å². The van der Waals surface area contributed by atoms with E-state index in [4.69, 9.17) is 4.52 Å². The zero-order valence-corrected chi connectivity index (χ0v) is 13.0. The van der Waals surface area contributed by atoms with Gasteiger partial charge in [-0.05, 0) is 25.5 Å². The lowest BCUT2D eigenvalue weighted by Gasteiger charge is -2.39. The molecule has 2 fully saturated rings. The molecule has 1 saturated carbocycles. The van der Waals surface area contributed by atoms with Crippen LogP contribution in [0.15, 0.2) is 34.9 Å². The second kappa shape index (κ2) is 5.82. The molecule has 116 valence electrons. The van der Waals surface area contributed by atoms with Crippen LogP contribution in [0.2, 0.25) is 0 Å². The van der Waals surface area contributed by atoms with Crippen molar-refractivity contribution in [2.45, 2.75) is 31.3 Å². The summed E-state index contributed by atoms with van der Waals surface area (Å²) in [5.74, 6) is 2.23. The molecule has 0 N–H and O–H groups in total. The van der Waals surface area contributed by atoms with E-state index in [1.165, 1.54) is 18.4 Å². The monoisotopic (exact) mass is 298 g/mol. The summed E-state index contributed by atoms with van der Waals surface area (Å²) in [5, 5.41) is 4.11. The van der Waals surface area contributed by atoms with Gasteiger partial charge in [0.05, 0.1) is 6.54 Å². The number of hydrogen-bond donors (Lipinski definition) is 0. The molecule has 5 heteroatoms. The lowest BCUT2D eigenvalue weighted by atomic mass is 10.0. The van der Waals surface area contributed by atoms with Crippen LogP contribution < -0.4 is 0 Å². The number of benzene rings is 1. The van der Waals surface area contributed by atoms with Gasteiger partial charge in [-0.15, -0.1) is 0 Å². The molecule has 0 spiro atoms. The molecule has 4 rings (SSSR count). The van der Waals surface area contributed by atoms with E-state index in [0.717, 1.165) is 37.9 Å². The Hall–Kier alpha value is -1.72. The zero-order valence-electron chi connectivity index (χ0n) is 13.0. The van der Waals surface area contributed by atoms with Gasteiger partial charge in [-0.2, -0.15) is 4.98 Å². The normalized spacial score (nSPS) is 23.8. The first-order valence-electron chi connectivity index (χ1n) is 8.09. The first-order chi connectivity index (χ1) is 10.8. The smallest absolute Gasteiger partial charge is 0.240 e. The van der Waals surface area contributed by atoms with Gasteiger partial charge in [-0.1, -0.05) is 35.5 Å². The Bertz CT molecular complexity index is 623. The topological polar surface area (TPSA) is 45.4 Å². The number of piperazine rings is 1. The molecule has 1 atom stereocenters. The van der Waals surface area contributed by atoms with Gasteiger partial charge in [0.1, 0.15) is 0 Å². The first-order valence-corrected chi connectivity index (χ1v) is 8.09. The summed E-state index contributed by atoms with van der Waals surface area (Å²) in [7, 11) is 2.20. The number of likely N-dealkylation sites (N-methyl/N-ethyl adjacent to an activating group) is 1. The Morgan fingerprint density at radius 2 is 2.00 bits per heavy atom. The summed E-state index contributed by atoms with van der Waals surface area (Å²) >= 11 is 0. The average Bonchev–Trinajstić information content (AvgIpc) is 3.30. The maximum Gasteiger partial charge on any atom is 0.240 e. The van der Waals surface area contributed by atoms with Gasteiger partial charge < -0.3 is 4.52 Å². The van der Waals surface area contributed by atoms with Gasteiger partial charge in [0.25, 0.3) is 0 Å². The third kappa shape index (κ3) is 2.91. The van der Waals surface area contributed by atoms with E-state index in [0.29, 0.717) is 12.0 Å². The summed E-state index contributed by atoms with van der Waals surface area (Å²) in [4.78, 5) is 9.39. The quantitative estimate of drug-likeness (QED) is 0.867. The SMILES string of the molecule is CN1CCN(Cc2nc(C3CC3)no2)CC1c1ccccc1. The largest absolute Gasteiger partial charge is 0.338 e. The summed E-state index contributed by atoms with van der Waals surface area (Å²) in [5.41, 5.74) is 1.37. The molecule has 5 nitrogen and oxygen atoms in total. The molecule has 2 aromatic rings. The third-order valence-electron chi connectivity index (χ3n) is 4.70. The standard InChI is InChI=1S/C17H22N4O/c1-20-9-10-21(11-15(20)13-5-3-2-4-6-13)12-16-18-17(19-22-16)14-7-8-14/h2-6,14-15H,7-12H2,1H3. The second-order valence-electron chi connectivity index (χ2n) is 6.46. The Kier molecular flexibility index (Phi) is 3.68. The molecule has 0 radical (unpaired) electrons. The third-order valence-corrected chi connectivity index (χ3v) is 4.70. The van der Waals surface area contributed by atoms with Crippen molar-refractivity contribution in [1.82, 2.24) is 19.9 Å². The van der Waals surface area contributed by atoms with E-state index in [9.17, 15) is 0 Å². The molecule has 1 aromatic heterocycles. The highest BCUT2D eigenvalue weighted by molar-refractivity contribution is 5.20. The van der Waals surface area contributed by atoms with E-state index in [1.807, 2.05) is 0 Å². The molecule has 22 heavy (non-hydrogen) atoms. The number of hydrogen-bond acceptors (Lipinski definition) is 5. The van der Waals surface area contributed by atoms with Crippen molar-refractivity contribution in [1.29, 1.82) is 0 Å². The maximum absolute atomic E-state index is 5.42. The Labute approximate surface area is 130 Å². The highest BCUT2D eigenvalue weighted by Gasteiger charge is 2.30. The highest BCUT2D eigenvalue weighted by Crippen LogP contribution is 2.38. The summed E-state index contributed by atoms with van der Waals surface area (Å²) in [6.45, 7) is 3.86. The number of nitrogens with zero attached hydrogens (tertiary/aromatic N) is 4. The van der Waals surface area contributed by atoms with E-state index < -0.39 is 0 Å². The fourth-order valence-electron chi connectivity index (χ4n) is 3.14. The minimum Gasteiger partial charge on any atom is -0.338 e. The van der Waals surface area contributed by atoms with Crippen LogP contribution in [0.5, 0.6) is 0 Å². The average molecular weight is 298 g/mol. The highest BCUT2D eigenvalue weighted by atomic mass is 16.5. The number of aromatic nitrogens is 2. The van der Waals surface area contributed by atoms with Crippen molar-refractivity contribution in [3.63, 3.8) is 0 Å². The van der Waals surface area contributed by atoms with Crippen LogP contribution in [-0.4, -0.2) is 46.6 Å². The van der Waals surface area contributed by atoms with Crippen molar-refractivity contribution < 1.29 is 4.52 Å². The van der Waals surface area contributed by atoms with Gasteiger partial charge in [0, 0.05) is 31.6 Å². The minimum absolute atomic E-state index is 0.431. The molecular weight excluding hydrogens is 276 g/mol. The van der Waals surface area contributed by atoms with E-state index in [-0.39, 0.29) is 0 Å². The van der Waals surface area contributed by atoms with Crippen molar-refractivity contribution >= 4 is 0 Å². The molecule has 1 aliphatic carbocycles. The Balaban J connectivity index is 1.43. The zero-order chi connectivity index (χ0) is 14.9. The van der Waals surface area contributed by atoms with Crippen LogP contribution in [0.4, 0.5) is 0 Å².